The van der Waals surface area contributed by atoms with Crippen molar-refractivity contribution in [3.8, 4) is 0 Å². The Kier molecular flexibility index (Phi) is 10.1. The van der Waals surface area contributed by atoms with E-state index < -0.39 is 24.4 Å². The Labute approximate surface area is 219 Å². The van der Waals surface area contributed by atoms with Gasteiger partial charge in [-0.2, -0.15) is 0 Å². The Bertz CT molecular complexity index is 1110. The Hall–Kier alpha value is -3.19. The minimum Gasteiger partial charge on any atom is -0.374 e. The fourth-order valence-corrected chi connectivity index (χ4v) is 4.63. The van der Waals surface area contributed by atoms with Crippen molar-refractivity contribution in [3.05, 3.63) is 118 Å². The lowest BCUT2D eigenvalue weighted by atomic mass is 9.87. The molecule has 3 aromatic carbocycles. The maximum Gasteiger partial charge on any atom is 0.113 e. The van der Waals surface area contributed by atoms with Gasteiger partial charge in [0.15, 0.2) is 0 Å². The van der Waals surface area contributed by atoms with Crippen LogP contribution in [0.4, 0.5) is 0 Å². The topological polar surface area (TPSA) is 85.7 Å². The molecule has 1 aliphatic rings. The van der Waals surface area contributed by atoms with Crippen LogP contribution in [0.25, 0.3) is 10.4 Å². The van der Waals surface area contributed by atoms with Crippen molar-refractivity contribution in [1.82, 2.24) is 0 Å². The smallest absolute Gasteiger partial charge is 0.113 e. The van der Waals surface area contributed by atoms with Crippen molar-refractivity contribution in [2.24, 2.45) is 11.0 Å². The second-order valence-corrected chi connectivity index (χ2v) is 9.60. The Morgan fingerprint density at radius 3 is 1.73 bits per heavy atom. The van der Waals surface area contributed by atoms with E-state index in [4.69, 9.17) is 18.9 Å². The van der Waals surface area contributed by atoms with Crippen molar-refractivity contribution < 1.29 is 18.9 Å². The largest absolute Gasteiger partial charge is 0.374 e. The van der Waals surface area contributed by atoms with Crippen LogP contribution in [0.5, 0.6) is 0 Å². The molecular formula is C30H35N3O4. The van der Waals surface area contributed by atoms with Crippen molar-refractivity contribution in [2.75, 3.05) is 6.61 Å². The van der Waals surface area contributed by atoms with E-state index in [-0.39, 0.29) is 12.0 Å². The highest BCUT2D eigenvalue weighted by Crippen LogP contribution is 2.33. The predicted molar refractivity (Wildman–Crippen MR) is 143 cm³/mol. The maximum atomic E-state index is 9.43. The van der Waals surface area contributed by atoms with Crippen molar-refractivity contribution in [2.45, 2.75) is 64.1 Å². The summed E-state index contributed by atoms with van der Waals surface area (Å²) in [6.07, 6.45) is -1.74. The van der Waals surface area contributed by atoms with Crippen LogP contribution in [0.15, 0.2) is 96.1 Å². The van der Waals surface area contributed by atoms with E-state index in [0.29, 0.717) is 26.4 Å². The van der Waals surface area contributed by atoms with Gasteiger partial charge in [-0.15, -0.1) is 0 Å². The predicted octanol–water partition coefficient (Wildman–Crippen LogP) is 6.48. The Balaban J connectivity index is 1.58. The monoisotopic (exact) mass is 501 g/mol. The first kappa shape index (κ1) is 26.9. The quantitative estimate of drug-likeness (QED) is 0.162. The first-order valence-electron chi connectivity index (χ1n) is 12.8. The second-order valence-electron chi connectivity index (χ2n) is 9.60. The summed E-state index contributed by atoms with van der Waals surface area (Å²) < 4.78 is 25.6. The molecule has 7 nitrogen and oxygen atoms in total. The number of nitrogens with zero attached hydrogens (tertiary/aromatic N) is 3. The van der Waals surface area contributed by atoms with Crippen LogP contribution >= 0.6 is 0 Å². The van der Waals surface area contributed by atoms with Gasteiger partial charge in [0.25, 0.3) is 0 Å². The average molecular weight is 502 g/mol. The molecule has 1 aliphatic heterocycles. The summed E-state index contributed by atoms with van der Waals surface area (Å²) in [5.74, 6) is 0.102. The van der Waals surface area contributed by atoms with Crippen LogP contribution < -0.4 is 0 Å². The molecule has 37 heavy (non-hydrogen) atoms. The fraction of sp³-hybridized carbons (Fsp3) is 0.400. The zero-order valence-electron chi connectivity index (χ0n) is 21.4. The van der Waals surface area contributed by atoms with Crippen LogP contribution in [0.2, 0.25) is 0 Å². The summed E-state index contributed by atoms with van der Waals surface area (Å²) in [6, 6.07) is 29.4. The van der Waals surface area contributed by atoms with Crippen molar-refractivity contribution in [1.29, 1.82) is 0 Å². The third kappa shape index (κ3) is 7.65. The highest BCUT2D eigenvalue weighted by molar-refractivity contribution is 5.15. The highest BCUT2D eigenvalue weighted by Gasteiger charge is 2.48. The van der Waals surface area contributed by atoms with Gasteiger partial charge in [-0.05, 0) is 28.1 Å². The van der Waals surface area contributed by atoms with E-state index in [0.717, 1.165) is 16.7 Å². The molecule has 4 rings (SSSR count). The molecule has 1 heterocycles. The van der Waals surface area contributed by atoms with Gasteiger partial charge < -0.3 is 18.9 Å². The van der Waals surface area contributed by atoms with E-state index >= 15 is 0 Å². The molecule has 0 radical (unpaired) electrons. The molecule has 5 atom stereocenters. The van der Waals surface area contributed by atoms with Gasteiger partial charge in [0.2, 0.25) is 0 Å². The Morgan fingerprint density at radius 2 is 1.24 bits per heavy atom. The number of hydrogen-bond acceptors (Lipinski definition) is 5. The van der Waals surface area contributed by atoms with Crippen LogP contribution in [0.3, 0.4) is 0 Å². The van der Waals surface area contributed by atoms with Crippen LogP contribution in [-0.4, -0.2) is 37.1 Å². The molecule has 0 amide bonds. The van der Waals surface area contributed by atoms with E-state index in [2.05, 4.69) is 23.9 Å². The molecule has 0 spiro atoms. The maximum absolute atomic E-state index is 9.43. The summed E-state index contributed by atoms with van der Waals surface area (Å²) in [7, 11) is 0. The molecule has 1 saturated heterocycles. The lowest BCUT2D eigenvalue weighted by Crippen LogP contribution is -2.60. The van der Waals surface area contributed by atoms with Gasteiger partial charge >= 0.3 is 0 Å². The third-order valence-electron chi connectivity index (χ3n) is 6.50. The standard InChI is InChI=1S/C30H35N3O4/c1-22(2)28-27(32-33-31)30(36-20-25-16-10-5-11-17-25)29(35-19-24-14-8-4-9-15-24)26(37-28)21-34-18-23-12-6-3-7-13-23/h3-17,22,26-30H,18-21H2,1-2H3/t26?,27?,28-,29-,30?/m1/s1. The zero-order valence-corrected chi connectivity index (χ0v) is 21.4. The summed E-state index contributed by atoms with van der Waals surface area (Å²) in [6.45, 7) is 5.67. The number of benzene rings is 3. The first-order valence-corrected chi connectivity index (χ1v) is 12.8. The summed E-state index contributed by atoms with van der Waals surface area (Å²) in [5.41, 5.74) is 12.6. The fourth-order valence-electron chi connectivity index (χ4n) is 4.63. The lowest BCUT2D eigenvalue weighted by molar-refractivity contribution is -0.234. The molecule has 0 saturated carbocycles. The van der Waals surface area contributed by atoms with Crippen molar-refractivity contribution >= 4 is 0 Å². The van der Waals surface area contributed by atoms with Crippen LogP contribution in [-0.2, 0) is 38.8 Å². The molecule has 3 aromatic rings. The lowest BCUT2D eigenvalue weighted by Gasteiger charge is -2.46. The number of hydrogen-bond donors (Lipinski definition) is 0. The number of ether oxygens (including phenoxy) is 4. The van der Waals surface area contributed by atoms with E-state index in [9.17, 15) is 5.53 Å². The van der Waals surface area contributed by atoms with Gasteiger partial charge in [-0.3, -0.25) is 0 Å². The zero-order chi connectivity index (χ0) is 25.9. The normalized spacial score (nSPS) is 23.5. The van der Waals surface area contributed by atoms with Gasteiger partial charge in [0.1, 0.15) is 12.2 Å². The number of rotatable bonds is 12. The molecule has 0 aromatic heterocycles. The molecule has 0 bridgehead atoms. The third-order valence-corrected chi connectivity index (χ3v) is 6.50. The average Bonchev–Trinajstić information content (AvgIpc) is 2.93. The SMILES string of the molecule is CC(C)[C@H]1OC(COCc2ccccc2)[C@@H](OCc2ccccc2)C(OCc2ccccc2)C1N=[N+]=[N-]. The Morgan fingerprint density at radius 1 is 0.757 bits per heavy atom. The first-order chi connectivity index (χ1) is 18.2. The molecule has 1 fully saturated rings. The summed E-state index contributed by atoms with van der Waals surface area (Å²) >= 11 is 0. The van der Waals surface area contributed by atoms with E-state index in [1.165, 1.54) is 0 Å². The molecule has 0 N–H and O–H groups in total. The van der Waals surface area contributed by atoms with Gasteiger partial charge in [-0.25, -0.2) is 0 Å². The molecule has 3 unspecified atom stereocenters. The molecular weight excluding hydrogens is 466 g/mol. The number of azide groups is 1. The van der Waals surface area contributed by atoms with Crippen LogP contribution in [0.1, 0.15) is 30.5 Å². The van der Waals surface area contributed by atoms with Gasteiger partial charge in [0.05, 0.1) is 44.7 Å². The van der Waals surface area contributed by atoms with Gasteiger partial charge in [-0.1, -0.05) is 110 Å². The molecule has 0 aliphatic carbocycles. The molecule has 7 heteroatoms. The van der Waals surface area contributed by atoms with Gasteiger partial charge in [0, 0.05) is 4.91 Å². The van der Waals surface area contributed by atoms with Crippen molar-refractivity contribution in [3.63, 3.8) is 0 Å². The minimum atomic E-state index is -0.542. The van der Waals surface area contributed by atoms with E-state index in [1.807, 2.05) is 91.0 Å². The summed E-state index contributed by atoms with van der Waals surface area (Å²) in [5, 5.41) is 4.16. The second kappa shape index (κ2) is 13.9. The highest BCUT2D eigenvalue weighted by atomic mass is 16.6. The molecule has 194 valence electrons. The van der Waals surface area contributed by atoms with E-state index in [1.54, 1.807) is 0 Å². The minimum absolute atomic E-state index is 0.102. The van der Waals surface area contributed by atoms with Crippen LogP contribution in [0, 0.1) is 5.92 Å². The summed E-state index contributed by atoms with van der Waals surface area (Å²) in [4.78, 5) is 3.16.